The number of methoxy groups -OCH3 is 1. The molecule has 1 aromatic carbocycles. The number of amides is 1. The molecule has 3 rings (SSSR count). The largest absolute Gasteiger partial charge is 0.493 e. The van der Waals surface area contributed by atoms with Crippen molar-refractivity contribution in [2.75, 3.05) is 45.3 Å². The van der Waals surface area contributed by atoms with Gasteiger partial charge in [-0.05, 0) is 32.0 Å². The average Bonchev–Trinajstić information content (AvgIpc) is 3.31. The van der Waals surface area contributed by atoms with E-state index >= 15 is 0 Å². The van der Waals surface area contributed by atoms with Gasteiger partial charge in [0, 0.05) is 26.6 Å². The van der Waals surface area contributed by atoms with Crippen LogP contribution >= 0.6 is 11.3 Å². The van der Waals surface area contributed by atoms with E-state index in [1.807, 2.05) is 31.2 Å². The van der Waals surface area contributed by atoms with Gasteiger partial charge < -0.3 is 19.7 Å². The molecule has 146 valence electrons. The summed E-state index contributed by atoms with van der Waals surface area (Å²) in [4.78, 5) is 14.7. The first-order chi connectivity index (χ1) is 13.1. The number of likely N-dealkylation sites (tertiary alicyclic amines) is 1. The highest BCUT2D eigenvalue weighted by molar-refractivity contribution is 7.15. The fourth-order valence-corrected chi connectivity index (χ4v) is 3.70. The number of carbonyl (C=O) groups excluding carboxylic acids is 1. The fraction of sp³-hybridized carbons (Fsp3) is 0.526. The molecule has 0 radical (unpaired) electrons. The number of hydrogen-bond acceptors (Lipinski definition) is 7. The van der Waals surface area contributed by atoms with Crippen LogP contribution in [0.15, 0.2) is 24.3 Å². The predicted octanol–water partition coefficient (Wildman–Crippen LogP) is 2.37. The summed E-state index contributed by atoms with van der Waals surface area (Å²) in [6, 6.07) is 7.96. The summed E-state index contributed by atoms with van der Waals surface area (Å²) < 4.78 is 10.8. The summed E-state index contributed by atoms with van der Waals surface area (Å²) in [6.45, 7) is 5.83. The predicted molar refractivity (Wildman–Crippen MR) is 105 cm³/mol. The summed E-state index contributed by atoms with van der Waals surface area (Å²) in [6.07, 6.45) is 1.53. The molecule has 7 nitrogen and oxygen atoms in total. The van der Waals surface area contributed by atoms with Gasteiger partial charge in [-0.3, -0.25) is 4.79 Å². The summed E-state index contributed by atoms with van der Waals surface area (Å²) >= 11 is 1.40. The first-order valence-corrected chi connectivity index (χ1v) is 9.99. The number of ether oxygens (including phenoxy) is 2. The minimum absolute atomic E-state index is 0.000855. The normalized spacial score (nSPS) is 17.2. The van der Waals surface area contributed by atoms with Crippen LogP contribution in [0.1, 0.15) is 17.0 Å². The molecule has 27 heavy (non-hydrogen) atoms. The molecule has 1 aromatic heterocycles. The molecular weight excluding hydrogens is 364 g/mol. The lowest BCUT2D eigenvalue weighted by Gasteiger charge is -2.14. The standard InChI is InChI=1S/C19H26N4O3S/c1-14-3-5-16(6-4-14)26-11-8-17-21-22-19(27-17)20-18(24)15-7-9-23(13-15)10-12-25-2/h3-6,15H,7-13H2,1-2H3,(H,20,22,24)/t15-/m0/s1. The number of aryl methyl sites for hydroxylation is 1. The van der Waals surface area contributed by atoms with Crippen molar-refractivity contribution in [3.63, 3.8) is 0 Å². The molecule has 0 bridgehead atoms. The first kappa shape index (κ1) is 19.7. The SMILES string of the molecule is COCCN1CC[C@H](C(=O)Nc2nnc(CCOc3ccc(C)cc3)s2)C1. The van der Waals surface area contributed by atoms with E-state index in [4.69, 9.17) is 9.47 Å². The van der Waals surface area contributed by atoms with Crippen molar-refractivity contribution in [3.8, 4) is 5.75 Å². The minimum Gasteiger partial charge on any atom is -0.493 e. The minimum atomic E-state index is -0.000855. The summed E-state index contributed by atoms with van der Waals surface area (Å²) in [7, 11) is 1.69. The summed E-state index contributed by atoms with van der Waals surface area (Å²) in [5, 5.41) is 12.5. The van der Waals surface area contributed by atoms with E-state index in [1.54, 1.807) is 7.11 Å². The number of benzene rings is 1. The van der Waals surface area contributed by atoms with Crippen molar-refractivity contribution in [1.29, 1.82) is 0 Å². The van der Waals surface area contributed by atoms with Crippen LogP contribution in [0.2, 0.25) is 0 Å². The second-order valence-electron chi connectivity index (χ2n) is 6.68. The van der Waals surface area contributed by atoms with Crippen molar-refractivity contribution in [3.05, 3.63) is 34.8 Å². The summed E-state index contributed by atoms with van der Waals surface area (Å²) in [5.41, 5.74) is 1.20. The van der Waals surface area contributed by atoms with Gasteiger partial charge in [-0.15, -0.1) is 10.2 Å². The summed E-state index contributed by atoms with van der Waals surface area (Å²) in [5.74, 6) is 0.866. The van der Waals surface area contributed by atoms with E-state index in [9.17, 15) is 4.79 Å². The monoisotopic (exact) mass is 390 g/mol. The number of rotatable bonds is 9. The van der Waals surface area contributed by atoms with Crippen LogP contribution in [0.4, 0.5) is 5.13 Å². The maximum atomic E-state index is 12.4. The Morgan fingerprint density at radius 3 is 2.89 bits per heavy atom. The third-order valence-electron chi connectivity index (χ3n) is 4.56. The molecule has 1 fully saturated rings. The molecule has 0 saturated carbocycles. The molecular formula is C19H26N4O3S. The highest BCUT2D eigenvalue weighted by atomic mass is 32.1. The Morgan fingerprint density at radius 2 is 2.11 bits per heavy atom. The van der Waals surface area contributed by atoms with Crippen LogP contribution < -0.4 is 10.1 Å². The van der Waals surface area contributed by atoms with Crippen LogP contribution in [0.3, 0.4) is 0 Å². The Morgan fingerprint density at radius 1 is 1.30 bits per heavy atom. The van der Waals surface area contributed by atoms with E-state index in [2.05, 4.69) is 20.4 Å². The average molecular weight is 391 g/mol. The Hall–Kier alpha value is -2.03. The van der Waals surface area contributed by atoms with E-state index < -0.39 is 0 Å². The van der Waals surface area contributed by atoms with Gasteiger partial charge in [0.2, 0.25) is 11.0 Å². The Balaban J connectivity index is 1.41. The third kappa shape index (κ3) is 5.98. The lowest BCUT2D eigenvalue weighted by Crippen LogP contribution is -2.29. The van der Waals surface area contributed by atoms with Crippen molar-refractivity contribution in [1.82, 2.24) is 15.1 Å². The third-order valence-corrected chi connectivity index (χ3v) is 5.46. The molecule has 1 amide bonds. The number of aromatic nitrogens is 2. The van der Waals surface area contributed by atoms with Crippen molar-refractivity contribution >= 4 is 22.4 Å². The zero-order valence-corrected chi connectivity index (χ0v) is 16.6. The molecule has 2 heterocycles. The zero-order chi connectivity index (χ0) is 19.1. The number of nitrogens with one attached hydrogen (secondary N) is 1. The van der Waals surface area contributed by atoms with Gasteiger partial charge in [0.25, 0.3) is 0 Å². The molecule has 0 unspecified atom stereocenters. The van der Waals surface area contributed by atoms with E-state index in [1.165, 1.54) is 16.9 Å². The van der Waals surface area contributed by atoms with Crippen LogP contribution in [-0.4, -0.2) is 61.0 Å². The number of nitrogens with zero attached hydrogens (tertiary/aromatic N) is 3. The van der Waals surface area contributed by atoms with Crippen molar-refractivity contribution in [2.24, 2.45) is 5.92 Å². The van der Waals surface area contributed by atoms with Crippen LogP contribution in [0.25, 0.3) is 0 Å². The molecule has 8 heteroatoms. The van der Waals surface area contributed by atoms with Gasteiger partial charge in [0.15, 0.2) is 0 Å². The molecule has 1 atom stereocenters. The lowest BCUT2D eigenvalue weighted by molar-refractivity contribution is -0.119. The van der Waals surface area contributed by atoms with Gasteiger partial charge in [-0.25, -0.2) is 0 Å². The highest BCUT2D eigenvalue weighted by Crippen LogP contribution is 2.21. The maximum Gasteiger partial charge on any atom is 0.230 e. The van der Waals surface area contributed by atoms with Gasteiger partial charge >= 0.3 is 0 Å². The van der Waals surface area contributed by atoms with Gasteiger partial charge in [-0.1, -0.05) is 29.0 Å². The van der Waals surface area contributed by atoms with Crippen LogP contribution in [0.5, 0.6) is 5.75 Å². The second-order valence-corrected chi connectivity index (χ2v) is 7.74. The maximum absolute atomic E-state index is 12.4. The molecule has 2 aromatic rings. The Bertz CT molecular complexity index is 735. The molecule has 0 spiro atoms. The second kappa shape index (κ2) is 9.77. The molecule has 1 N–H and O–H groups in total. The number of anilines is 1. The van der Waals surface area contributed by atoms with E-state index in [0.29, 0.717) is 24.8 Å². The lowest BCUT2D eigenvalue weighted by atomic mass is 10.1. The molecule has 1 saturated heterocycles. The number of hydrogen-bond donors (Lipinski definition) is 1. The quantitative estimate of drug-likeness (QED) is 0.708. The number of carbonyl (C=O) groups is 1. The highest BCUT2D eigenvalue weighted by Gasteiger charge is 2.28. The molecule has 1 aliphatic heterocycles. The molecule has 1 aliphatic rings. The molecule has 0 aliphatic carbocycles. The van der Waals surface area contributed by atoms with Gasteiger partial charge in [-0.2, -0.15) is 0 Å². The van der Waals surface area contributed by atoms with E-state index in [0.717, 1.165) is 36.8 Å². The van der Waals surface area contributed by atoms with Crippen LogP contribution in [-0.2, 0) is 16.0 Å². The fourth-order valence-electron chi connectivity index (χ4n) is 2.97. The zero-order valence-electron chi connectivity index (χ0n) is 15.8. The first-order valence-electron chi connectivity index (χ1n) is 9.18. The Labute approximate surface area is 163 Å². The van der Waals surface area contributed by atoms with Gasteiger partial charge in [0.05, 0.1) is 19.1 Å². The topological polar surface area (TPSA) is 76.6 Å². The van der Waals surface area contributed by atoms with Gasteiger partial charge in [0.1, 0.15) is 10.8 Å². The van der Waals surface area contributed by atoms with E-state index in [-0.39, 0.29) is 11.8 Å². The smallest absolute Gasteiger partial charge is 0.230 e. The van der Waals surface area contributed by atoms with Crippen molar-refractivity contribution < 1.29 is 14.3 Å². The Kier molecular flexibility index (Phi) is 7.14. The van der Waals surface area contributed by atoms with Crippen LogP contribution in [0, 0.1) is 12.8 Å². The van der Waals surface area contributed by atoms with Crippen molar-refractivity contribution in [2.45, 2.75) is 19.8 Å².